The van der Waals surface area contributed by atoms with Crippen molar-refractivity contribution in [3.05, 3.63) is 89.5 Å². The number of carboxylic acids is 1. The molecule has 1 unspecified atom stereocenters. The Morgan fingerprint density at radius 3 is 2.03 bits per heavy atom. The lowest BCUT2D eigenvalue weighted by atomic mass is 9.98. The van der Waals surface area contributed by atoms with Crippen LogP contribution in [0, 0.1) is 0 Å². The molecular weight excluding hydrogens is 448 g/mol. The second kappa shape index (κ2) is 10.3. The number of benzene rings is 3. The lowest BCUT2D eigenvalue weighted by Gasteiger charge is -2.19. The quantitative estimate of drug-likeness (QED) is 0.396. The van der Waals surface area contributed by atoms with Crippen LogP contribution < -0.4 is 10.6 Å². The van der Waals surface area contributed by atoms with Gasteiger partial charge >= 0.3 is 12.1 Å². The fraction of sp³-hybridized carbons (Fsp3) is 0.222. The lowest BCUT2D eigenvalue weighted by Crippen LogP contribution is -2.51. The minimum atomic E-state index is -1.21. The maximum atomic E-state index is 12.5. The number of amides is 2. The fourth-order valence-electron chi connectivity index (χ4n) is 4.25. The van der Waals surface area contributed by atoms with Gasteiger partial charge in [0.05, 0.1) is 0 Å². The molecule has 0 aromatic heterocycles. The molecule has 0 aliphatic heterocycles. The normalized spacial score (nSPS) is 13.7. The number of aliphatic carboxylic acids is 1. The molecule has 0 radical (unpaired) electrons. The predicted octanol–water partition coefficient (Wildman–Crippen LogP) is 3.43. The van der Waals surface area contributed by atoms with Crippen LogP contribution in [0.25, 0.3) is 11.1 Å². The Hall–Kier alpha value is -4.33. The number of carboxylic acid groups (broad SMARTS) is 1. The Morgan fingerprint density at radius 1 is 0.886 bits per heavy atom. The summed E-state index contributed by atoms with van der Waals surface area (Å²) in [4.78, 5) is 36.6. The van der Waals surface area contributed by atoms with Crippen LogP contribution in [0.3, 0.4) is 0 Å². The molecule has 2 amide bonds. The highest BCUT2D eigenvalue weighted by Crippen LogP contribution is 2.44. The van der Waals surface area contributed by atoms with E-state index in [2.05, 4.69) is 10.6 Å². The van der Waals surface area contributed by atoms with Crippen molar-refractivity contribution in [2.75, 3.05) is 6.61 Å². The van der Waals surface area contributed by atoms with E-state index in [4.69, 9.17) is 4.74 Å². The van der Waals surface area contributed by atoms with Crippen LogP contribution in [0.15, 0.2) is 72.8 Å². The Kier molecular flexibility index (Phi) is 7.01. The van der Waals surface area contributed by atoms with Crippen molar-refractivity contribution in [3.8, 4) is 16.9 Å². The zero-order valence-corrected chi connectivity index (χ0v) is 19.1. The van der Waals surface area contributed by atoms with Crippen LogP contribution in [0.1, 0.15) is 29.5 Å². The topological polar surface area (TPSA) is 125 Å². The summed E-state index contributed by atoms with van der Waals surface area (Å²) >= 11 is 0. The summed E-state index contributed by atoms with van der Waals surface area (Å²) in [6, 6.07) is 19.8. The minimum absolute atomic E-state index is 0.0268. The molecule has 8 nitrogen and oxygen atoms in total. The maximum Gasteiger partial charge on any atom is 0.407 e. The Morgan fingerprint density at radius 2 is 1.46 bits per heavy atom. The fourth-order valence-corrected chi connectivity index (χ4v) is 4.25. The van der Waals surface area contributed by atoms with E-state index < -0.39 is 30.1 Å². The first kappa shape index (κ1) is 23.8. The lowest BCUT2D eigenvalue weighted by molar-refractivity contribution is -0.142. The van der Waals surface area contributed by atoms with Crippen molar-refractivity contribution in [2.45, 2.75) is 31.3 Å². The predicted molar refractivity (Wildman–Crippen MR) is 129 cm³/mol. The molecule has 0 spiro atoms. The van der Waals surface area contributed by atoms with Crippen LogP contribution in [-0.4, -0.2) is 46.9 Å². The zero-order valence-electron chi connectivity index (χ0n) is 19.1. The molecule has 3 aromatic rings. The van der Waals surface area contributed by atoms with Crippen molar-refractivity contribution in [3.63, 3.8) is 0 Å². The van der Waals surface area contributed by atoms with Gasteiger partial charge in [-0.2, -0.15) is 0 Å². The molecule has 3 aromatic carbocycles. The number of phenols is 1. The van der Waals surface area contributed by atoms with Gasteiger partial charge in [0.15, 0.2) is 0 Å². The van der Waals surface area contributed by atoms with Crippen LogP contribution in [-0.2, 0) is 20.7 Å². The molecular formula is C27H26N2O6. The minimum Gasteiger partial charge on any atom is -0.508 e. The first-order valence-electron chi connectivity index (χ1n) is 11.3. The van der Waals surface area contributed by atoms with Gasteiger partial charge in [-0.25, -0.2) is 9.59 Å². The summed E-state index contributed by atoms with van der Waals surface area (Å²) in [5.74, 6) is -1.91. The van der Waals surface area contributed by atoms with E-state index in [0.717, 1.165) is 22.3 Å². The second-order valence-corrected chi connectivity index (χ2v) is 8.46. The van der Waals surface area contributed by atoms with Crippen LogP contribution >= 0.6 is 0 Å². The number of hydrogen-bond donors (Lipinski definition) is 4. The third-order valence-electron chi connectivity index (χ3n) is 6.06. The third kappa shape index (κ3) is 5.43. The summed E-state index contributed by atoms with van der Waals surface area (Å²) in [5, 5.41) is 23.8. The van der Waals surface area contributed by atoms with Gasteiger partial charge in [0.25, 0.3) is 0 Å². The molecule has 4 rings (SSSR count). The van der Waals surface area contributed by atoms with Crippen molar-refractivity contribution in [1.82, 2.24) is 10.6 Å². The summed E-state index contributed by atoms with van der Waals surface area (Å²) in [5.41, 5.74) is 5.00. The van der Waals surface area contributed by atoms with Gasteiger partial charge in [0.2, 0.25) is 5.91 Å². The zero-order chi connectivity index (χ0) is 24.9. The molecule has 35 heavy (non-hydrogen) atoms. The van der Waals surface area contributed by atoms with Crippen LogP contribution in [0.2, 0.25) is 0 Å². The van der Waals surface area contributed by atoms with Crippen LogP contribution in [0.4, 0.5) is 4.79 Å². The highest BCUT2D eigenvalue weighted by atomic mass is 16.5. The summed E-state index contributed by atoms with van der Waals surface area (Å²) in [7, 11) is 0. The molecule has 4 N–H and O–H groups in total. The maximum absolute atomic E-state index is 12.5. The number of carbonyl (C=O) groups is 3. The number of carbonyl (C=O) groups excluding carboxylic acids is 2. The van der Waals surface area contributed by atoms with Gasteiger partial charge in [-0.05, 0) is 46.9 Å². The summed E-state index contributed by atoms with van der Waals surface area (Å²) in [6.45, 7) is 1.56. The van der Waals surface area contributed by atoms with E-state index in [-0.39, 0.29) is 24.7 Å². The molecule has 2 atom stereocenters. The van der Waals surface area contributed by atoms with Gasteiger partial charge < -0.3 is 25.6 Å². The average molecular weight is 475 g/mol. The molecule has 0 saturated carbocycles. The van der Waals surface area contributed by atoms with Crippen molar-refractivity contribution in [2.24, 2.45) is 0 Å². The smallest absolute Gasteiger partial charge is 0.407 e. The average Bonchev–Trinajstić information content (AvgIpc) is 3.17. The number of aromatic hydroxyl groups is 1. The van der Waals surface area contributed by atoms with E-state index in [1.807, 2.05) is 48.5 Å². The van der Waals surface area contributed by atoms with E-state index in [9.17, 15) is 24.6 Å². The van der Waals surface area contributed by atoms with Crippen molar-refractivity contribution < 1.29 is 29.3 Å². The van der Waals surface area contributed by atoms with Crippen molar-refractivity contribution >= 4 is 18.0 Å². The number of rotatable bonds is 8. The van der Waals surface area contributed by atoms with Crippen LogP contribution in [0.5, 0.6) is 5.75 Å². The molecule has 1 aliphatic carbocycles. The Bertz CT molecular complexity index is 1190. The first-order valence-corrected chi connectivity index (χ1v) is 11.3. The number of phenolic OH excluding ortho intramolecular Hbond substituents is 1. The highest BCUT2D eigenvalue weighted by Gasteiger charge is 2.30. The number of hydrogen-bond acceptors (Lipinski definition) is 5. The van der Waals surface area contributed by atoms with Gasteiger partial charge in [-0.1, -0.05) is 60.7 Å². The number of alkyl carbamates (subject to hydrolysis) is 1. The van der Waals surface area contributed by atoms with E-state index in [1.54, 1.807) is 12.1 Å². The monoisotopic (exact) mass is 474 g/mol. The Balaban J connectivity index is 1.33. The van der Waals surface area contributed by atoms with E-state index in [0.29, 0.717) is 5.56 Å². The summed E-state index contributed by atoms with van der Waals surface area (Å²) < 4.78 is 5.45. The first-order chi connectivity index (χ1) is 16.8. The molecule has 0 bridgehead atoms. The molecule has 0 saturated heterocycles. The molecule has 180 valence electrons. The number of ether oxygens (including phenoxy) is 1. The van der Waals surface area contributed by atoms with Gasteiger partial charge in [-0.15, -0.1) is 0 Å². The molecule has 8 heteroatoms. The van der Waals surface area contributed by atoms with E-state index in [1.165, 1.54) is 19.1 Å². The summed E-state index contributed by atoms with van der Waals surface area (Å²) in [6.07, 6.45) is -0.737. The largest absolute Gasteiger partial charge is 0.508 e. The standard InChI is InChI=1S/C27H26N2O6/c1-16(25(31)29-24(26(32)33)14-17-10-12-18(30)13-11-17)28-27(34)35-15-23-21-8-4-2-6-19(21)20-7-3-5-9-22(20)23/h2-13,16,23-24,30H,14-15H2,1H3,(H,28,34)(H,29,31)(H,32,33)/t16?,24-/m1/s1. The SMILES string of the molecule is CC(NC(=O)OCC1c2ccccc2-c2ccccc21)C(=O)N[C@H](Cc1ccc(O)cc1)C(=O)O. The van der Waals surface area contributed by atoms with E-state index >= 15 is 0 Å². The third-order valence-corrected chi connectivity index (χ3v) is 6.06. The molecule has 0 heterocycles. The van der Waals surface area contributed by atoms with Crippen molar-refractivity contribution in [1.29, 1.82) is 0 Å². The van der Waals surface area contributed by atoms with Gasteiger partial charge in [-0.3, -0.25) is 4.79 Å². The van der Waals surface area contributed by atoms with Gasteiger partial charge in [0.1, 0.15) is 24.4 Å². The highest BCUT2D eigenvalue weighted by molar-refractivity contribution is 5.89. The molecule has 1 aliphatic rings. The number of fused-ring (bicyclic) bond motifs is 3. The molecule has 0 fully saturated rings. The number of nitrogens with one attached hydrogen (secondary N) is 2. The van der Waals surface area contributed by atoms with Gasteiger partial charge in [0, 0.05) is 12.3 Å². The second-order valence-electron chi connectivity index (χ2n) is 8.46. The Labute approximate surface area is 202 Å².